The monoisotopic (exact) mass is 321 g/mol. The van der Waals surface area contributed by atoms with E-state index >= 15 is 0 Å². The smallest absolute Gasteiger partial charge is 0.0465 e. The highest BCUT2D eigenvalue weighted by Crippen LogP contribution is 2.22. The lowest BCUT2D eigenvalue weighted by Crippen LogP contribution is -2.39. The fourth-order valence-corrected chi connectivity index (χ4v) is 2.66. The summed E-state index contributed by atoms with van der Waals surface area (Å²) in [5, 5.41) is 4.97. The predicted molar refractivity (Wildman–Crippen MR) is 92.1 cm³/mol. The van der Waals surface area contributed by atoms with E-state index in [1.165, 1.54) is 5.56 Å². The zero-order chi connectivity index (χ0) is 15.3. The Balaban J connectivity index is 1.88. The van der Waals surface area contributed by atoms with Gasteiger partial charge in [-0.05, 0) is 49.9 Å². The molecule has 0 saturated heterocycles. The van der Waals surface area contributed by atoms with Crippen molar-refractivity contribution in [3.63, 3.8) is 0 Å². The highest BCUT2D eigenvalue weighted by atomic mass is 35.5. The molecule has 2 aromatic rings. The average molecular weight is 322 g/mol. The van der Waals surface area contributed by atoms with Crippen LogP contribution in [0, 0.1) is 0 Å². The van der Waals surface area contributed by atoms with Gasteiger partial charge in [-0.15, -0.1) is 0 Å². The Kier molecular flexibility index (Phi) is 5.69. The molecule has 0 fully saturated rings. The molecule has 2 aromatic carbocycles. The number of rotatable bonds is 6. The standard InChI is InChI=1S/C18H21Cl2N/c1-18(2,11-10-14-6-4-3-5-7-14)21-13-15-8-9-16(19)12-17(15)20/h3-9,12,21H,10-11,13H2,1-2H3. The topological polar surface area (TPSA) is 12.0 Å². The third-order valence-electron chi connectivity index (χ3n) is 3.65. The van der Waals surface area contributed by atoms with E-state index in [9.17, 15) is 0 Å². The summed E-state index contributed by atoms with van der Waals surface area (Å²) in [6.07, 6.45) is 2.14. The second-order valence-electron chi connectivity index (χ2n) is 5.96. The highest BCUT2D eigenvalue weighted by molar-refractivity contribution is 6.35. The first-order chi connectivity index (χ1) is 9.96. The minimum atomic E-state index is 0.0544. The Morgan fingerprint density at radius 2 is 1.71 bits per heavy atom. The van der Waals surface area contributed by atoms with Crippen LogP contribution in [0.3, 0.4) is 0 Å². The molecule has 1 nitrogen and oxygen atoms in total. The van der Waals surface area contributed by atoms with Gasteiger partial charge in [0.1, 0.15) is 0 Å². The van der Waals surface area contributed by atoms with Gasteiger partial charge >= 0.3 is 0 Å². The summed E-state index contributed by atoms with van der Waals surface area (Å²) < 4.78 is 0. The average Bonchev–Trinajstić information content (AvgIpc) is 2.45. The Morgan fingerprint density at radius 1 is 1.00 bits per heavy atom. The van der Waals surface area contributed by atoms with Crippen molar-refractivity contribution in [1.29, 1.82) is 0 Å². The molecule has 0 aliphatic rings. The first kappa shape index (κ1) is 16.4. The first-order valence-electron chi connectivity index (χ1n) is 7.19. The molecule has 0 heterocycles. The molecule has 2 rings (SSSR count). The summed E-state index contributed by atoms with van der Waals surface area (Å²) in [7, 11) is 0. The zero-order valence-corrected chi connectivity index (χ0v) is 14.0. The minimum absolute atomic E-state index is 0.0544. The van der Waals surface area contributed by atoms with Crippen molar-refractivity contribution in [2.75, 3.05) is 0 Å². The van der Waals surface area contributed by atoms with Crippen LogP contribution in [0.2, 0.25) is 10.0 Å². The number of aryl methyl sites for hydroxylation is 1. The molecular formula is C18H21Cl2N. The molecule has 0 saturated carbocycles. The quantitative estimate of drug-likeness (QED) is 0.741. The van der Waals surface area contributed by atoms with Gasteiger partial charge in [0.25, 0.3) is 0 Å². The van der Waals surface area contributed by atoms with E-state index in [2.05, 4.69) is 49.5 Å². The Morgan fingerprint density at radius 3 is 2.38 bits per heavy atom. The number of nitrogens with one attached hydrogen (secondary N) is 1. The van der Waals surface area contributed by atoms with Crippen molar-refractivity contribution in [3.8, 4) is 0 Å². The van der Waals surface area contributed by atoms with Gasteiger partial charge in [0.15, 0.2) is 0 Å². The van der Waals surface area contributed by atoms with Crippen LogP contribution in [0.5, 0.6) is 0 Å². The van der Waals surface area contributed by atoms with Gasteiger partial charge in [0, 0.05) is 22.1 Å². The van der Waals surface area contributed by atoms with Gasteiger partial charge in [-0.3, -0.25) is 0 Å². The van der Waals surface area contributed by atoms with Gasteiger partial charge in [0.05, 0.1) is 0 Å². The molecule has 0 aliphatic heterocycles. The summed E-state index contributed by atoms with van der Waals surface area (Å²) in [5.41, 5.74) is 2.50. The van der Waals surface area contributed by atoms with Crippen LogP contribution in [-0.2, 0) is 13.0 Å². The van der Waals surface area contributed by atoms with E-state index < -0.39 is 0 Å². The fraction of sp³-hybridized carbons (Fsp3) is 0.333. The summed E-state index contributed by atoms with van der Waals surface area (Å²) >= 11 is 12.1. The zero-order valence-electron chi connectivity index (χ0n) is 12.5. The van der Waals surface area contributed by atoms with E-state index in [-0.39, 0.29) is 5.54 Å². The fourth-order valence-electron chi connectivity index (χ4n) is 2.19. The van der Waals surface area contributed by atoms with Gasteiger partial charge < -0.3 is 5.32 Å². The van der Waals surface area contributed by atoms with Crippen LogP contribution >= 0.6 is 23.2 Å². The van der Waals surface area contributed by atoms with E-state index in [4.69, 9.17) is 23.2 Å². The van der Waals surface area contributed by atoms with E-state index in [1.807, 2.05) is 12.1 Å². The summed E-state index contributed by atoms with van der Waals surface area (Å²) in [6.45, 7) is 5.19. The minimum Gasteiger partial charge on any atom is -0.308 e. The van der Waals surface area contributed by atoms with E-state index in [0.717, 1.165) is 24.9 Å². The predicted octanol–water partition coefficient (Wildman–Crippen LogP) is 5.49. The molecule has 3 heteroatoms. The number of hydrogen-bond donors (Lipinski definition) is 1. The molecule has 1 N–H and O–H groups in total. The largest absolute Gasteiger partial charge is 0.308 e. The number of benzene rings is 2. The molecule has 0 aliphatic carbocycles. The highest BCUT2D eigenvalue weighted by Gasteiger charge is 2.17. The third kappa shape index (κ3) is 5.35. The normalized spacial score (nSPS) is 11.6. The molecule has 0 amide bonds. The van der Waals surface area contributed by atoms with E-state index in [0.29, 0.717) is 10.0 Å². The molecule has 21 heavy (non-hydrogen) atoms. The maximum Gasteiger partial charge on any atom is 0.0465 e. The van der Waals surface area contributed by atoms with Crippen LogP contribution in [-0.4, -0.2) is 5.54 Å². The lowest BCUT2D eigenvalue weighted by molar-refractivity contribution is 0.360. The number of hydrogen-bond acceptors (Lipinski definition) is 1. The van der Waals surface area contributed by atoms with Gasteiger partial charge in [-0.25, -0.2) is 0 Å². The lowest BCUT2D eigenvalue weighted by Gasteiger charge is -2.27. The van der Waals surface area contributed by atoms with Crippen molar-refractivity contribution in [3.05, 3.63) is 69.7 Å². The van der Waals surface area contributed by atoms with Crippen LogP contribution in [0.1, 0.15) is 31.4 Å². The van der Waals surface area contributed by atoms with Crippen molar-refractivity contribution >= 4 is 23.2 Å². The Bertz CT molecular complexity index is 579. The summed E-state index contributed by atoms with van der Waals surface area (Å²) in [4.78, 5) is 0. The maximum absolute atomic E-state index is 6.21. The van der Waals surface area contributed by atoms with Crippen molar-refractivity contribution in [2.24, 2.45) is 0 Å². The molecule has 0 bridgehead atoms. The van der Waals surface area contributed by atoms with Crippen LogP contribution in [0.15, 0.2) is 48.5 Å². The Hall–Kier alpha value is -1.02. The first-order valence-corrected chi connectivity index (χ1v) is 7.95. The summed E-state index contributed by atoms with van der Waals surface area (Å²) in [5.74, 6) is 0. The molecule has 112 valence electrons. The SMILES string of the molecule is CC(C)(CCc1ccccc1)NCc1ccc(Cl)cc1Cl. The van der Waals surface area contributed by atoms with E-state index in [1.54, 1.807) is 6.07 Å². The number of halogens is 2. The summed E-state index contributed by atoms with van der Waals surface area (Å²) in [6, 6.07) is 16.2. The third-order valence-corrected chi connectivity index (χ3v) is 4.24. The van der Waals surface area contributed by atoms with Crippen molar-refractivity contribution in [2.45, 2.75) is 38.8 Å². The van der Waals surface area contributed by atoms with Crippen LogP contribution in [0.4, 0.5) is 0 Å². The molecule has 0 radical (unpaired) electrons. The van der Waals surface area contributed by atoms with Crippen molar-refractivity contribution in [1.82, 2.24) is 5.32 Å². The second kappa shape index (κ2) is 7.31. The van der Waals surface area contributed by atoms with Gasteiger partial charge in [0.2, 0.25) is 0 Å². The molecule has 0 aromatic heterocycles. The van der Waals surface area contributed by atoms with Crippen LogP contribution in [0.25, 0.3) is 0 Å². The maximum atomic E-state index is 6.21. The molecule has 0 atom stereocenters. The Labute approximate surface area is 137 Å². The van der Waals surface area contributed by atoms with Crippen LogP contribution < -0.4 is 5.32 Å². The molecule has 0 unspecified atom stereocenters. The molecule has 0 spiro atoms. The molecular weight excluding hydrogens is 301 g/mol. The lowest BCUT2D eigenvalue weighted by atomic mass is 9.95. The van der Waals surface area contributed by atoms with Gasteiger partial charge in [-0.2, -0.15) is 0 Å². The van der Waals surface area contributed by atoms with Crippen molar-refractivity contribution < 1.29 is 0 Å². The second-order valence-corrected chi connectivity index (χ2v) is 6.80. The van der Waals surface area contributed by atoms with Gasteiger partial charge in [-0.1, -0.05) is 59.6 Å².